The second-order valence-corrected chi connectivity index (χ2v) is 11.5. The van der Waals surface area contributed by atoms with Crippen molar-refractivity contribution in [3.63, 3.8) is 0 Å². The Morgan fingerprint density at radius 2 is 0.920 bits per heavy atom. The van der Waals surface area contributed by atoms with Crippen LogP contribution in [-0.2, 0) is 9.59 Å². The summed E-state index contributed by atoms with van der Waals surface area (Å²) in [5, 5.41) is 2.81. The molecular formula is C20H30O2S3. The quantitative estimate of drug-likeness (QED) is 0.512. The Morgan fingerprint density at radius 1 is 0.640 bits per heavy atom. The predicted octanol–water partition coefficient (Wildman–Crippen LogP) is 6.01. The molecule has 2 nitrogen and oxygen atoms in total. The maximum atomic E-state index is 11.8. The first-order valence-electron chi connectivity index (χ1n) is 9.23. The van der Waals surface area contributed by atoms with E-state index in [0.29, 0.717) is 21.6 Å². The number of rotatable bonds is 6. The second kappa shape index (κ2) is 10.3. The monoisotopic (exact) mass is 398 g/mol. The van der Waals surface area contributed by atoms with Crippen molar-refractivity contribution in [2.24, 2.45) is 0 Å². The average molecular weight is 399 g/mol. The van der Waals surface area contributed by atoms with Gasteiger partial charge in [-0.05, 0) is 76.4 Å². The van der Waals surface area contributed by atoms with E-state index in [0.717, 1.165) is 36.2 Å². The van der Waals surface area contributed by atoms with E-state index in [4.69, 9.17) is 0 Å². The number of hydrogen-bond acceptors (Lipinski definition) is 5. The van der Waals surface area contributed by atoms with Gasteiger partial charge in [0.2, 0.25) is 10.2 Å². The highest BCUT2D eigenvalue weighted by molar-refractivity contribution is 8.14. The summed E-state index contributed by atoms with van der Waals surface area (Å²) in [6.45, 7) is 11.1. The maximum Gasteiger partial charge on any atom is 0.214 e. The van der Waals surface area contributed by atoms with Gasteiger partial charge < -0.3 is 0 Å². The molecule has 0 spiro atoms. The summed E-state index contributed by atoms with van der Waals surface area (Å²) >= 11 is 5.16. The van der Waals surface area contributed by atoms with Gasteiger partial charge in [0.1, 0.15) is 0 Å². The van der Waals surface area contributed by atoms with Crippen LogP contribution in [0, 0.1) is 0 Å². The Bertz CT molecular complexity index is 467. The summed E-state index contributed by atoms with van der Waals surface area (Å²) < 4.78 is 0. The van der Waals surface area contributed by atoms with E-state index in [1.165, 1.54) is 49.2 Å². The molecule has 2 rings (SSSR count). The van der Waals surface area contributed by atoms with Crippen LogP contribution in [0.3, 0.4) is 0 Å². The van der Waals surface area contributed by atoms with Crippen LogP contribution in [-0.4, -0.2) is 31.2 Å². The molecule has 25 heavy (non-hydrogen) atoms. The normalized spacial score (nSPS) is 29.8. The van der Waals surface area contributed by atoms with E-state index in [2.05, 4.69) is 24.9 Å². The third kappa shape index (κ3) is 7.18. The summed E-state index contributed by atoms with van der Waals surface area (Å²) in [4.78, 5) is 23.6. The van der Waals surface area contributed by atoms with Crippen LogP contribution in [0.1, 0.15) is 65.2 Å². The van der Waals surface area contributed by atoms with Gasteiger partial charge in [-0.2, -0.15) is 11.8 Å². The zero-order chi connectivity index (χ0) is 18.4. The van der Waals surface area contributed by atoms with E-state index in [-0.39, 0.29) is 10.2 Å². The molecule has 0 unspecified atom stereocenters. The van der Waals surface area contributed by atoms with E-state index in [9.17, 15) is 9.59 Å². The first-order valence-corrected chi connectivity index (χ1v) is 11.9. The van der Waals surface area contributed by atoms with Gasteiger partial charge in [-0.15, -0.1) is 0 Å². The smallest absolute Gasteiger partial charge is 0.214 e. The highest BCUT2D eigenvalue weighted by Crippen LogP contribution is 2.41. The lowest BCUT2D eigenvalue weighted by molar-refractivity contribution is -0.108. The SMILES string of the molecule is C=C(C)C(=O)SC1CCC(SC2CCC(SC(=O)C(=C)C)CC2)CC1. The van der Waals surface area contributed by atoms with Crippen molar-refractivity contribution in [3.8, 4) is 0 Å². The van der Waals surface area contributed by atoms with Crippen LogP contribution in [0.2, 0.25) is 0 Å². The third-order valence-corrected chi connectivity index (χ3v) is 9.32. The van der Waals surface area contributed by atoms with Crippen LogP contribution in [0.15, 0.2) is 24.3 Å². The molecule has 0 saturated heterocycles. The minimum Gasteiger partial charge on any atom is -0.282 e. The molecule has 2 saturated carbocycles. The van der Waals surface area contributed by atoms with Crippen LogP contribution in [0.4, 0.5) is 0 Å². The molecule has 5 heteroatoms. The molecule has 0 radical (unpaired) electrons. The summed E-state index contributed by atoms with van der Waals surface area (Å²) in [5.74, 6) is 0. The van der Waals surface area contributed by atoms with E-state index < -0.39 is 0 Å². The van der Waals surface area contributed by atoms with Gasteiger partial charge >= 0.3 is 0 Å². The van der Waals surface area contributed by atoms with E-state index in [1.54, 1.807) is 13.8 Å². The number of carbonyl (C=O) groups is 2. The zero-order valence-electron chi connectivity index (χ0n) is 15.4. The molecule has 2 aliphatic rings. The first-order chi connectivity index (χ1) is 11.8. The Morgan fingerprint density at radius 3 is 1.20 bits per heavy atom. The second-order valence-electron chi connectivity index (χ2n) is 7.30. The fourth-order valence-electron chi connectivity index (χ4n) is 3.35. The Labute approximate surface area is 165 Å². The largest absolute Gasteiger partial charge is 0.282 e. The highest BCUT2D eigenvalue weighted by Gasteiger charge is 2.29. The standard InChI is InChI=1S/C20H30O2S3/c1-13(2)19(21)24-17-9-5-15(6-10-17)23-16-7-11-18(12-8-16)25-20(22)14(3)4/h15-18H,1,3,5-12H2,2,4H3. The molecule has 0 atom stereocenters. The van der Waals surface area contributed by atoms with Crippen molar-refractivity contribution in [3.05, 3.63) is 24.3 Å². The van der Waals surface area contributed by atoms with Crippen LogP contribution in [0.5, 0.6) is 0 Å². The lowest BCUT2D eigenvalue weighted by Crippen LogP contribution is -2.24. The van der Waals surface area contributed by atoms with Gasteiger partial charge in [0.05, 0.1) is 0 Å². The van der Waals surface area contributed by atoms with E-state index in [1.807, 2.05) is 0 Å². The van der Waals surface area contributed by atoms with Gasteiger partial charge in [0, 0.05) is 21.0 Å². The first kappa shape index (κ1) is 21.2. The summed E-state index contributed by atoms with van der Waals surface area (Å²) in [5.41, 5.74) is 1.34. The maximum absolute atomic E-state index is 11.8. The Kier molecular flexibility index (Phi) is 8.70. The van der Waals surface area contributed by atoms with Gasteiger partial charge in [-0.1, -0.05) is 36.7 Å². The summed E-state index contributed by atoms with van der Waals surface area (Å²) in [6, 6.07) is 0. The van der Waals surface area contributed by atoms with Crippen molar-refractivity contribution in [2.45, 2.75) is 86.2 Å². The van der Waals surface area contributed by atoms with Gasteiger partial charge in [0.15, 0.2) is 0 Å². The lowest BCUT2D eigenvalue weighted by atomic mass is 9.99. The predicted molar refractivity (Wildman–Crippen MR) is 115 cm³/mol. The van der Waals surface area contributed by atoms with Crippen molar-refractivity contribution in [2.75, 3.05) is 0 Å². The lowest BCUT2D eigenvalue weighted by Gasteiger charge is -2.33. The molecule has 0 bridgehead atoms. The fourth-order valence-corrected chi connectivity index (χ4v) is 7.01. The summed E-state index contributed by atoms with van der Waals surface area (Å²) in [7, 11) is 0. The van der Waals surface area contributed by atoms with Gasteiger partial charge in [-0.3, -0.25) is 9.59 Å². The van der Waals surface area contributed by atoms with Crippen LogP contribution >= 0.6 is 35.3 Å². The van der Waals surface area contributed by atoms with Crippen molar-refractivity contribution in [1.29, 1.82) is 0 Å². The summed E-state index contributed by atoms with van der Waals surface area (Å²) in [6.07, 6.45) is 9.53. The molecule has 0 aromatic heterocycles. The number of hydrogen-bond donors (Lipinski definition) is 0. The molecule has 0 N–H and O–H groups in total. The molecule has 0 heterocycles. The Hall–Kier alpha value is -0.130. The van der Waals surface area contributed by atoms with Crippen molar-refractivity contribution < 1.29 is 9.59 Å². The molecule has 0 aromatic rings. The molecule has 140 valence electrons. The molecule has 0 aromatic carbocycles. The van der Waals surface area contributed by atoms with Crippen molar-refractivity contribution in [1.82, 2.24) is 0 Å². The number of carbonyl (C=O) groups excluding carboxylic acids is 2. The minimum atomic E-state index is 0.163. The number of thioether (sulfide) groups is 3. The average Bonchev–Trinajstić information content (AvgIpc) is 2.58. The highest BCUT2D eigenvalue weighted by atomic mass is 32.2. The minimum absolute atomic E-state index is 0.163. The molecule has 2 fully saturated rings. The fraction of sp³-hybridized carbons (Fsp3) is 0.700. The van der Waals surface area contributed by atoms with Crippen molar-refractivity contribution >= 4 is 45.5 Å². The van der Waals surface area contributed by atoms with Gasteiger partial charge in [-0.25, -0.2) is 0 Å². The van der Waals surface area contributed by atoms with Gasteiger partial charge in [0.25, 0.3) is 0 Å². The molecular weight excluding hydrogens is 368 g/mol. The zero-order valence-corrected chi connectivity index (χ0v) is 17.9. The van der Waals surface area contributed by atoms with Crippen LogP contribution < -0.4 is 0 Å². The van der Waals surface area contributed by atoms with E-state index >= 15 is 0 Å². The molecule has 2 aliphatic carbocycles. The molecule has 0 amide bonds. The van der Waals surface area contributed by atoms with Crippen LogP contribution in [0.25, 0.3) is 0 Å². The topological polar surface area (TPSA) is 34.1 Å². The Balaban J connectivity index is 1.65. The third-order valence-electron chi connectivity index (χ3n) is 4.87. The molecule has 0 aliphatic heterocycles.